The summed E-state index contributed by atoms with van der Waals surface area (Å²) < 4.78 is 17.0. The maximum Gasteiger partial charge on any atom is 0.306 e. The molecule has 0 aromatic rings. The van der Waals surface area contributed by atoms with E-state index in [4.69, 9.17) is 14.2 Å². The fourth-order valence-corrected chi connectivity index (χ4v) is 11.7. The number of unbranched alkanes of at least 4 members (excludes halogenated alkanes) is 57. The van der Waals surface area contributed by atoms with E-state index in [0.717, 1.165) is 64.2 Å². The van der Waals surface area contributed by atoms with E-state index in [2.05, 4.69) is 32.9 Å². The van der Waals surface area contributed by atoms with E-state index in [-0.39, 0.29) is 31.1 Å². The van der Waals surface area contributed by atoms with Crippen LogP contribution < -0.4 is 0 Å². The number of carbonyl (C=O) groups is 3. The molecule has 0 N–H and O–H groups in total. The Morgan fingerprint density at radius 1 is 0.235 bits per heavy atom. The van der Waals surface area contributed by atoms with Gasteiger partial charge in [-0.05, 0) is 38.5 Å². The topological polar surface area (TPSA) is 78.9 Å². The maximum absolute atomic E-state index is 12.9. The zero-order valence-corrected chi connectivity index (χ0v) is 55.4. The summed E-state index contributed by atoms with van der Waals surface area (Å²) in [7, 11) is 0. The van der Waals surface area contributed by atoms with E-state index >= 15 is 0 Å². The smallest absolute Gasteiger partial charge is 0.306 e. The SMILES string of the molecule is CCCC/C=C\CCCCCCCC(=O)OCC(COC(=O)CCCCCCCCCCCCCCCCCCCCCCCCCCCCCCCCCC)OC(=O)CCCCCCCCCCCCCCCCCCCCCC. The molecule has 0 aliphatic heterocycles. The standard InChI is InChI=1S/C75H144O6/c1-4-7-10-13-16-19-22-24-26-28-30-32-33-34-35-36-37-38-39-40-41-42-43-45-46-48-50-53-56-59-62-65-68-74(77)80-71-72(70-79-73(76)67-64-61-58-55-52-21-18-15-12-9-6-3)81-75(78)69-66-63-60-57-54-51-49-47-44-31-29-27-25-23-20-17-14-11-8-5-2/h15,18,72H,4-14,16-17,19-71H2,1-3H3/b18-15-. The molecule has 0 saturated carbocycles. The van der Waals surface area contributed by atoms with Crippen LogP contribution in [0.3, 0.4) is 0 Å². The molecule has 0 aromatic heterocycles. The molecule has 0 spiro atoms. The monoisotopic (exact) mass is 1140 g/mol. The zero-order chi connectivity index (χ0) is 58.5. The average Bonchev–Trinajstić information content (AvgIpc) is 3.47. The van der Waals surface area contributed by atoms with Crippen LogP contribution in [-0.4, -0.2) is 37.2 Å². The molecule has 1 atom stereocenters. The van der Waals surface area contributed by atoms with Crippen molar-refractivity contribution in [2.24, 2.45) is 0 Å². The average molecular weight is 1140 g/mol. The second-order valence-electron chi connectivity index (χ2n) is 25.6. The van der Waals surface area contributed by atoms with Crippen molar-refractivity contribution in [3.05, 3.63) is 12.2 Å². The predicted octanol–water partition coefficient (Wildman–Crippen LogP) is 25.6. The Morgan fingerprint density at radius 2 is 0.420 bits per heavy atom. The lowest BCUT2D eigenvalue weighted by atomic mass is 10.0. The summed E-state index contributed by atoms with van der Waals surface area (Å²) in [6.07, 6.45) is 85.6. The van der Waals surface area contributed by atoms with Crippen LogP contribution in [0.2, 0.25) is 0 Å². The van der Waals surface area contributed by atoms with Crippen LogP contribution in [0.15, 0.2) is 12.2 Å². The molecule has 6 heteroatoms. The minimum atomic E-state index is -0.769. The summed E-state index contributed by atoms with van der Waals surface area (Å²) >= 11 is 0. The minimum Gasteiger partial charge on any atom is -0.462 e. The lowest BCUT2D eigenvalue weighted by molar-refractivity contribution is -0.167. The van der Waals surface area contributed by atoms with Crippen molar-refractivity contribution in [3.63, 3.8) is 0 Å². The molecule has 0 radical (unpaired) electrons. The maximum atomic E-state index is 12.9. The van der Waals surface area contributed by atoms with E-state index in [9.17, 15) is 14.4 Å². The van der Waals surface area contributed by atoms with E-state index in [1.807, 2.05) is 0 Å². The Kier molecular flexibility index (Phi) is 69.0. The van der Waals surface area contributed by atoms with Gasteiger partial charge in [0.05, 0.1) is 0 Å². The van der Waals surface area contributed by atoms with Crippen molar-refractivity contribution in [1.29, 1.82) is 0 Å². The number of allylic oxidation sites excluding steroid dienone is 2. The largest absolute Gasteiger partial charge is 0.462 e. The van der Waals surface area contributed by atoms with Gasteiger partial charge in [-0.1, -0.05) is 386 Å². The number of hydrogen-bond donors (Lipinski definition) is 0. The van der Waals surface area contributed by atoms with Gasteiger partial charge in [0.25, 0.3) is 0 Å². The number of ether oxygens (including phenoxy) is 3. The Labute approximate surface area is 507 Å². The molecule has 0 heterocycles. The molecule has 0 amide bonds. The van der Waals surface area contributed by atoms with Crippen molar-refractivity contribution in [2.75, 3.05) is 13.2 Å². The molecular formula is C75H144O6. The van der Waals surface area contributed by atoms with Gasteiger partial charge in [0, 0.05) is 19.3 Å². The fraction of sp³-hybridized carbons (Fsp3) is 0.933. The van der Waals surface area contributed by atoms with E-state index in [0.29, 0.717) is 19.3 Å². The van der Waals surface area contributed by atoms with Crippen LogP contribution in [0.1, 0.15) is 432 Å². The van der Waals surface area contributed by atoms with E-state index in [1.54, 1.807) is 0 Å². The number of hydrogen-bond acceptors (Lipinski definition) is 6. The van der Waals surface area contributed by atoms with Gasteiger partial charge in [-0.25, -0.2) is 0 Å². The van der Waals surface area contributed by atoms with Gasteiger partial charge in [0.2, 0.25) is 0 Å². The molecule has 1 unspecified atom stereocenters. The normalized spacial score (nSPS) is 12.0. The Morgan fingerprint density at radius 3 is 0.654 bits per heavy atom. The molecule has 0 aliphatic rings. The highest BCUT2D eigenvalue weighted by atomic mass is 16.6. The highest BCUT2D eigenvalue weighted by Crippen LogP contribution is 2.20. The number of rotatable bonds is 70. The third-order valence-electron chi connectivity index (χ3n) is 17.3. The summed E-state index contributed by atoms with van der Waals surface area (Å²) in [4.78, 5) is 38.4. The Hall–Kier alpha value is -1.85. The van der Waals surface area contributed by atoms with Gasteiger partial charge >= 0.3 is 17.9 Å². The van der Waals surface area contributed by atoms with Crippen molar-refractivity contribution < 1.29 is 28.6 Å². The summed E-state index contributed by atoms with van der Waals surface area (Å²) in [6, 6.07) is 0. The van der Waals surface area contributed by atoms with Crippen molar-refractivity contribution >= 4 is 17.9 Å². The first kappa shape index (κ1) is 79.2. The summed E-state index contributed by atoms with van der Waals surface area (Å²) in [5.41, 5.74) is 0. The van der Waals surface area contributed by atoms with E-state index in [1.165, 1.54) is 327 Å². The molecule has 0 fully saturated rings. The summed E-state index contributed by atoms with van der Waals surface area (Å²) in [6.45, 7) is 6.69. The molecular weight excluding hydrogens is 997 g/mol. The molecule has 81 heavy (non-hydrogen) atoms. The second kappa shape index (κ2) is 70.6. The molecule has 0 aliphatic carbocycles. The van der Waals surface area contributed by atoms with Gasteiger partial charge in [-0.2, -0.15) is 0 Å². The van der Waals surface area contributed by atoms with Gasteiger partial charge in [-0.3, -0.25) is 14.4 Å². The van der Waals surface area contributed by atoms with Crippen molar-refractivity contribution in [1.82, 2.24) is 0 Å². The van der Waals surface area contributed by atoms with Crippen molar-refractivity contribution in [2.45, 2.75) is 438 Å². The number of esters is 3. The highest BCUT2D eigenvalue weighted by Gasteiger charge is 2.20. The van der Waals surface area contributed by atoms with Crippen LogP contribution in [0.5, 0.6) is 0 Å². The van der Waals surface area contributed by atoms with E-state index < -0.39 is 6.10 Å². The lowest BCUT2D eigenvalue weighted by Gasteiger charge is -2.18. The van der Waals surface area contributed by atoms with Gasteiger partial charge < -0.3 is 14.2 Å². The summed E-state index contributed by atoms with van der Waals surface area (Å²) in [5.74, 6) is -0.841. The minimum absolute atomic E-state index is 0.0658. The van der Waals surface area contributed by atoms with Crippen LogP contribution in [0, 0.1) is 0 Å². The van der Waals surface area contributed by atoms with Gasteiger partial charge in [0.15, 0.2) is 6.10 Å². The first-order valence-corrected chi connectivity index (χ1v) is 37.2. The summed E-state index contributed by atoms with van der Waals surface area (Å²) in [5, 5.41) is 0. The Balaban J connectivity index is 4.06. The third-order valence-corrected chi connectivity index (χ3v) is 17.3. The van der Waals surface area contributed by atoms with Crippen LogP contribution in [0.4, 0.5) is 0 Å². The van der Waals surface area contributed by atoms with Crippen LogP contribution >= 0.6 is 0 Å². The molecule has 6 nitrogen and oxygen atoms in total. The lowest BCUT2D eigenvalue weighted by Crippen LogP contribution is -2.30. The Bertz CT molecular complexity index is 1260. The van der Waals surface area contributed by atoms with Crippen LogP contribution in [-0.2, 0) is 28.6 Å². The van der Waals surface area contributed by atoms with Gasteiger partial charge in [0.1, 0.15) is 13.2 Å². The fourth-order valence-electron chi connectivity index (χ4n) is 11.7. The quantitative estimate of drug-likeness (QED) is 0.0261. The zero-order valence-electron chi connectivity index (χ0n) is 55.4. The van der Waals surface area contributed by atoms with Crippen LogP contribution in [0.25, 0.3) is 0 Å². The van der Waals surface area contributed by atoms with Crippen molar-refractivity contribution in [3.8, 4) is 0 Å². The molecule has 0 aromatic carbocycles. The molecule has 0 rings (SSSR count). The number of carbonyl (C=O) groups excluding carboxylic acids is 3. The predicted molar refractivity (Wildman–Crippen MR) is 353 cm³/mol. The highest BCUT2D eigenvalue weighted by molar-refractivity contribution is 5.71. The first-order chi connectivity index (χ1) is 40.0. The molecule has 480 valence electrons. The molecule has 0 bridgehead atoms. The first-order valence-electron chi connectivity index (χ1n) is 37.2. The third kappa shape index (κ3) is 68.8. The van der Waals surface area contributed by atoms with Gasteiger partial charge in [-0.15, -0.1) is 0 Å². The second-order valence-corrected chi connectivity index (χ2v) is 25.6. The molecule has 0 saturated heterocycles.